The molecule has 1 N–H and O–H groups in total. The molecular formula is C22H18F3N7O2. The highest BCUT2D eigenvalue weighted by molar-refractivity contribution is 5.94. The first-order chi connectivity index (χ1) is 16.0. The summed E-state index contributed by atoms with van der Waals surface area (Å²) in [4.78, 5) is 36.7. The van der Waals surface area contributed by atoms with Crippen LogP contribution in [-0.2, 0) is 18.6 Å². The van der Waals surface area contributed by atoms with Crippen molar-refractivity contribution in [1.82, 2.24) is 30.0 Å². The summed E-state index contributed by atoms with van der Waals surface area (Å²) in [5.41, 5.74) is -2.05. The van der Waals surface area contributed by atoms with Gasteiger partial charge in [-0.25, -0.2) is 9.67 Å². The molecule has 3 aromatic heterocycles. The zero-order valence-electron chi connectivity index (χ0n) is 18.1. The minimum Gasteiger partial charge on any atom is -0.344 e. The molecule has 0 bridgehead atoms. The fourth-order valence-electron chi connectivity index (χ4n) is 3.44. The molecule has 0 saturated heterocycles. The van der Waals surface area contributed by atoms with E-state index < -0.39 is 29.2 Å². The van der Waals surface area contributed by atoms with Crippen molar-refractivity contribution in [3.63, 3.8) is 0 Å². The number of nitrogens with one attached hydrogen (secondary N) is 1. The predicted molar refractivity (Wildman–Crippen MR) is 112 cm³/mol. The maximum Gasteiger partial charge on any atom is 0.433 e. The topological polar surface area (TPSA) is 126 Å². The fraction of sp³-hybridized carbons (Fsp3) is 0.318. The number of pyridine rings is 1. The van der Waals surface area contributed by atoms with Crippen LogP contribution >= 0.6 is 0 Å². The molecule has 12 heteroatoms. The number of aryl methyl sites for hydroxylation is 1. The molecule has 0 aromatic carbocycles. The molecule has 1 saturated carbocycles. The number of amides is 1. The Morgan fingerprint density at radius 2 is 1.94 bits per heavy atom. The summed E-state index contributed by atoms with van der Waals surface area (Å²) in [6.07, 6.45) is -1.20. The van der Waals surface area contributed by atoms with Gasteiger partial charge in [-0.15, -0.1) is 0 Å². The zero-order valence-corrected chi connectivity index (χ0v) is 18.1. The number of nitrogens with zero attached hydrogens (tertiary/aromatic N) is 6. The van der Waals surface area contributed by atoms with Crippen LogP contribution < -0.4 is 10.9 Å². The molecule has 34 heavy (non-hydrogen) atoms. The third-order valence-corrected chi connectivity index (χ3v) is 5.52. The van der Waals surface area contributed by atoms with Gasteiger partial charge in [-0.1, -0.05) is 0 Å². The van der Waals surface area contributed by atoms with Crippen molar-refractivity contribution in [2.75, 3.05) is 0 Å². The van der Waals surface area contributed by atoms with Crippen molar-refractivity contribution in [2.24, 2.45) is 7.05 Å². The lowest BCUT2D eigenvalue weighted by molar-refractivity contribution is -0.141. The van der Waals surface area contributed by atoms with Crippen molar-refractivity contribution in [3.8, 4) is 17.5 Å². The third-order valence-electron chi connectivity index (χ3n) is 5.52. The van der Waals surface area contributed by atoms with Gasteiger partial charge in [-0.05, 0) is 38.0 Å². The van der Waals surface area contributed by atoms with Gasteiger partial charge in [0.15, 0.2) is 0 Å². The van der Waals surface area contributed by atoms with E-state index in [0.29, 0.717) is 36.0 Å². The molecular weight excluding hydrogens is 451 g/mol. The molecule has 1 aliphatic carbocycles. The van der Waals surface area contributed by atoms with Crippen molar-refractivity contribution < 1.29 is 18.0 Å². The predicted octanol–water partition coefficient (Wildman–Crippen LogP) is 2.70. The van der Waals surface area contributed by atoms with Crippen LogP contribution in [0.2, 0.25) is 0 Å². The van der Waals surface area contributed by atoms with Gasteiger partial charge < -0.3 is 5.32 Å². The second-order valence-electron chi connectivity index (χ2n) is 7.98. The number of aromatic nitrogens is 5. The standard InChI is InChI=1S/C22H18F3N7O2/c1-12(18-19(28-8-7-27-18)14-3-4-17(33)32(2)31-14)29-20(34)13-9-15(21(11-26)5-6-21)30-16(10-13)22(23,24)25/h3-4,7-10,12H,5-6H2,1-2H3,(H,29,34). The second-order valence-corrected chi connectivity index (χ2v) is 7.98. The quantitative estimate of drug-likeness (QED) is 0.609. The summed E-state index contributed by atoms with van der Waals surface area (Å²) in [6, 6.07) is 5.89. The molecule has 4 rings (SSSR count). The maximum absolute atomic E-state index is 13.4. The van der Waals surface area contributed by atoms with Crippen LogP contribution in [0.25, 0.3) is 11.4 Å². The minimum absolute atomic E-state index is 0.0720. The van der Waals surface area contributed by atoms with Crippen LogP contribution in [0.4, 0.5) is 13.2 Å². The number of hydrogen-bond donors (Lipinski definition) is 1. The van der Waals surface area contributed by atoms with Crippen molar-refractivity contribution in [1.29, 1.82) is 5.26 Å². The molecule has 3 aromatic rings. The Balaban J connectivity index is 1.67. The molecule has 0 spiro atoms. The SMILES string of the molecule is CC(NC(=O)c1cc(C(F)(F)F)nc(C2(C#N)CC2)c1)c1nccnc1-c1ccc(=O)n(C)n1. The molecule has 174 valence electrons. The lowest BCUT2D eigenvalue weighted by Gasteiger charge is -2.18. The van der Waals surface area contributed by atoms with E-state index in [-0.39, 0.29) is 16.8 Å². The molecule has 1 atom stereocenters. The Labute approximate surface area is 191 Å². The molecule has 0 aliphatic heterocycles. The smallest absolute Gasteiger partial charge is 0.344 e. The normalized spacial score (nSPS) is 15.3. The molecule has 1 fully saturated rings. The Bertz CT molecular complexity index is 1370. The molecule has 1 amide bonds. The number of carbonyl (C=O) groups is 1. The van der Waals surface area contributed by atoms with Gasteiger partial charge >= 0.3 is 6.18 Å². The van der Waals surface area contributed by atoms with E-state index in [2.05, 4.69) is 25.4 Å². The largest absolute Gasteiger partial charge is 0.433 e. The van der Waals surface area contributed by atoms with Crippen LogP contribution in [0.1, 0.15) is 53.2 Å². The summed E-state index contributed by atoms with van der Waals surface area (Å²) < 4.78 is 41.4. The lowest BCUT2D eigenvalue weighted by Crippen LogP contribution is -2.29. The fourth-order valence-corrected chi connectivity index (χ4v) is 3.44. The third kappa shape index (κ3) is 4.36. The van der Waals surface area contributed by atoms with Crippen LogP contribution in [0.3, 0.4) is 0 Å². The highest BCUT2D eigenvalue weighted by Crippen LogP contribution is 2.47. The van der Waals surface area contributed by atoms with E-state index in [1.54, 1.807) is 6.92 Å². The summed E-state index contributed by atoms with van der Waals surface area (Å²) in [5, 5.41) is 16.2. The van der Waals surface area contributed by atoms with E-state index in [4.69, 9.17) is 0 Å². The molecule has 3 heterocycles. The average molecular weight is 469 g/mol. The first-order valence-corrected chi connectivity index (χ1v) is 10.2. The van der Waals surface area contributed by atoms with Crippen LogP contribution in [0, 0.1) is 11.3 Å². The number of hydrogen-bond acceptors (Lipinski definition) is 7. The first-order valence-electron chi connectivity index (χ1n) is 10.2. The van der Waals surface area contributed by atoms with Gasteiger partial charge in [0.2, 0.25) is 0 Å². The van der Waals surface area contributed by atoms with E-state index in [1.807, 2.05) is 6.07 Å². The van der Waals surface area contributed by atoms with Crippen molar-refractivity contribution in [2.45, 2.75) is 37.4 Å². The summed E-state index contributed by atoms with van der Waals surface area (Å²) in [6.45, 7) is 1.60. The van der Waals surface area contributed by atoms with Gasteiger partial charge in [0.1, 0.15) is 17.1 Å². The van der Waals surface area contributed by atoms with Crippen molar-refractivity contribution >= 4 is 5.91 Å². The molecule has 1 unspecified atom stereocenters. The zero-order chi connectivity index (χ0) is 24.7. The van der Waals surface area contributed by atoms with Gasteiger partial charge in [0.25, 0.3) is 11.5 Å². The van der Waals surface area contributed by atoms with Crippen LogP contribution in [0.5, 0.6) is 0 Å². The molecule has 9 nitrogen and oxygen atoms in total. The Hall–Kier alpha value is -4.14. The van der Waals surface area contributed by atoms with E-state index in [9.17, 15) is 28.0 Å². The number of nitriles is 1. The van der Waals surface area contributed by atoms with E-state index in [0.717, 1.165) is 4.68 Å². The van der Waals surface area contributed by atoms with Gasteiger partial charge in [0.05, 0.1) is 28.9 Å². The molecule has 1 aliphatic rings. The lowest BCUT2D eigenvalue weighted by atomic mass is 10.0. The number of halogens is 3. The summed E-state index contributed by atoms with van der Waals surface area (Å²) in [7, 11) is 1.47. The molecule has 0 radical (unpaired) electrons. The van der Waals surface area contributed by atoms with Gasteiger partial charge in [-0.3, -0.25) is 19.6 Å². The minimum atomic E-state index is -4.78. The first kappa shape index (κ1) is 23.0. The van der Waals surface area contributed by atoms with E-state index >= 15 is 0 Å². The highest BCUT2D eigenvalue weighted by atomic mass is 19.4. The second kappa shape index (κ2) is 8.33. The monoisotopic (exact) mass is 469 g/mol. The maximum atomic E-state index is 13.4. The van der Waals surface area contributed by atoms with Crippen LogP contribution in [-0.4, -0.2) is 30.6 Å². The Morgan fingerprint density at radius 3 is 2.56 bits per heavy atom. The Morgan fingerprint density at radius 1 is 1.24 bits per heavy atom. The summed E-state index contributed by atoms with van der Waals surface area (Å²) >= 11 is 0. The van der Waals surface area contributed by atoms with Crippen LogP contribution in [0.15, 0.2) is 41.5 Å². The Kier molecular flexibility index (Phi) is 5.64. The summed E-state index contributed by atoms with van der Waals surface area (Å²) in [5.74, 6) is -0.791. The average Bonchev–Trinajstić information content (AvgIpc) is 3.61. The van der Waals surface area contributed by atoms with Gasteiger partial charge in [-0.2, -0.15) is 23.5 Å². The number of alkyl halides is 3. The van der Waals surface area contributed by atoms with Gasteiger partial charge in [0, 0.05) is 31.1 Å². The number of rotatable bonds is 5. The highest BCUT2D eigenvalue weighted by Gasteiger charge is 2.48. The number of carbonyl (C=O) groups excluding carboxylic acids is 1. The van der Waals surface area contributed by atoms with Crippen molar-refractivity contribution in [3.05, 3.63) is 69.7 Å². The van der Waals surface area contributed by atoms with E-state index in [1.165, 1.54) is 37.6 Å².